The summed E-state index contributed by atoms with van der Waals surface area (Å²) < 4.78 is 25.0. The van der Waals surface area contributed by atoms with Crippen LogP contribution in [0.15, 0.2) is 23.8 Å². The highest BCUT2D eigenvalue weighted by molar-refractivity contribution is 5.18. The molecule has 1 N–H and O–H groups in total. The molecule has 0 amide bonds. The van der Waals surface area contributed by atoms with Crippen molar-refractivity contribution in [3.8, 4) is 11.8 Å². The van der Waals surface area contributed by atoms with Crippen LogP contribution in [0.5, 0.6) is 0 Å². The van der Waals surface area contributed by atoms with Gasteiger partial charge in [-0.3, -0.25) is 0 Å². The molecular weight excluding hydrogens is 440 g/mol. The first-order chi connectivity index (χ1) is 17.2. The molecule has 4 aliphatic rings. The van der Waals surface area contributed by atoms with Crippen molar-refractivity contribution in [3.05, 3.63) is 23.8 Å². The summed E-state index contributed by atoms with van der Waals surface area (Å²) in [4.78, 5) is 0. The van der Waals surface area contributed by atoms with Crippen LogP contribution < -0.4 is 0 Å². The minimum absolute atomic E-state index is 0.0243. The molecule has 2 saturated heterocycles. The molecule has 0 aromatic carbocycles. The molecule has 2 heterocycles. The van der Waals surface area contributed by atoms with E-state index in [2.05, 4.69) is 37.8 Å². The van der Waals surface area contributed by atoms with Crippen molar-refractivity contribution in [1.82, 2.24) is 0 Å². The van der Waals surface area contributed by atoms with E-state index in [1.807, 2.05) is 6.08 Å². The molecular formula is C30H46O5. The van der Waals surface area contributed by atoms with Crippen molar-refractivity contribution in [1.29, 1.82) is 0 Å². The molecule has 0 aromatic heterocycles. The van der Waals surface area contributed by atoms with Gasteiger partial charge in [0.15, 0.2) is 12.6 Å². The molecule has 3 unspecified atom stereocenters. The van der Waals surface area contributed by atoms with E-state index in [9.17, 15) is 5.11 Å². The highest BCUT2D eigenvalue weighted by atomic mass is 16.7. The van der Waals surface area contributed by atoms with Gasteiger partial charge in [-0.25, -0.2) is 0 Å². The minimum atomic E-state index is -0.121. The molecule has 0 bridgehead atoms. The number of ether oxygens (including phenoxy) is 4. The van der Waals surface area contributed by atoms with Gasteiger partial charge in [0.2, 0.25) is 0 Å². The van der Waals surface area contributed by atoms with Gasteiger partial charge in [-0.2, -0.15) is 0 Å². The van der Waals surface area contributed by atoms with Gasteiger partial charge in [0, 0.05) is 32.0 Å². The Bertz CT molecular complexity index is 752. The van der Waals surface area contributed by atoms with Crippen LogP contribution in [0.4, 0.5) is 0 Å². The average molecular weight is 487 g/mol. The van der Waals surface area contributed by atoms with Crippen LogP contribution in [0.2, 0.25) is 0 Å². The Balaban J connectivity index is 1.49. The Kier molecular flexibility index (Phi) is 10.7. The monoisotopic (exact) mass is 486 g/mol. The zero-order valence-corrected chi connectivity index (χ0v) is 21.8. The fraction of sp³-hybridized carbons (Fsp3) is 0.800. The second-order valence-corrected chi connectivity index (χ2v) is 10.8. The van der Waals surface area contributed by atoms with Gasteiger partial charge < -0.3 is 24.1 Å². The van der Waals surface area contributed by atoms with Crippen LogP contribution in [-0.4, -0.2) is 49.7 Å². The predicted octanol–water partition coefficient (Wildman–Crippen LogP) is 5.77. The lowest BCUT2D eigenvalue weighted by atomic mass is 9.89. The first-order valence-electron chi connectivity index (χ1n) is 14.1. The predicted molar refractivity (Wildman–Crippen MR) is 137 cm³/mol. The largest absolute Gasteiger partial charge is 0.392 e. The van der Waals surface area contributed by atoms with E-state index >= 15 is 0 Å². The minimum Gasteiger partial charge on any atom is -0.392 e. The van der Waals surface area contributed by atoms with Crippen molar-refractivity contribution in [2.24, 2.45) is 23.7 Å². The maximum absolute atomic E-state index is 9.43. The van der Waals surface area contributed by atoms with E-state index in [-0.39, 0.29) is 31.4 Å². The Hall–Kier alpha value is -1.16. The van der Waals surface area contributed by atoms with Gasteiger partial charge in [0.05, 0.1) is 18.8 Å². The zero-order chi connectivity index (χ0) is 24.5. The summed E-state index contributed by atoms with van der Waals surface area (Å²) in [5.41, 5.74) is 1.40. The van der Waals surface area contributed by atoms with Gasteiger partial charge >= 0.3 is 0 Å². The first kappa shape index (κ1) is 26.9. The second-order valence-electron chi connectivity index (χ2n) is 10.8. The molecule has 4 fully saturated rings. The van der Waals surface area contributed by atoms with Crippen LogP contribution in [-0.2, 0) is 18.9 Å². The van der Waals surface area contributed by atoms with Crippen LogP contribution >= 0.6 is 0 Å². The number of hydrogen-bond donors (Lipinski definition) is 1. The van der Waals surface area contributed by atoms with Crippen LogP contribution in [0.3, 0.4) is 0 Å². The standard InChI is InChI=1S/C30H46O5/c1-3-4-5-10-22(2)27(34-29-11-6-8-17-32-29)14-13-25-26-20-23(15-16-31)19-24(26)21-28(25)35-30-12-7-9-18-33-30/h13-15,22,24-31H,3,6-12,16-21H2,1-2H3/t22?,24-,25+,26-,27+,28+,29?,30?/m0/s1. The van der Waals surface area contributed by atoms with Gasteiger partial charge in [0.25, 0.3) is 0 Å². The Morgan fingerprint density at radius 1 is 1.06 bits per heavy atom. The maximum atomic E-state index is 9.43. The maximum Gasteiger partial charge on any atom is 0.158 e. The number of aliphatic hydroxyl groups excluding tert-OH is 1. The summed E-state index contributed by atoms with van der Waals surface area (Å²) in [5, 5.41) is 9.43. The van der Waals surface area contributed by atoms with E-state index in [0.29, 0.717) is 23.7 Å². The van der Waals surface area contributed by atoms with E-state index in [0.717, 1.165) is 77.4 Å². The van der Waals surface area contributed by atoms with Gasteiger partial charge in [-0.1, -0.05) is 37.6 Å². The molecule has 8 atom stereocenters. The first-order valence-corrected chi connectivity index (χ1v) is 14.1. The number of rotatable bonds is 9. The molecule has 35 heavy (non-hydrogen) atoms. The summed E-state index contributed by atoms with van der Waals surface area (Å²) in [6, 6.07) is 0. The highest BCUT2D eigenvalue weighted by Gasteiger charge is 2.47. The number of allylic oxidation sites excluding steroid dienone is 1. The molecule has 5 heteroatoms. The summed E-state index contributed by atoms with van der Waals surface area (Å²) >= 11 is 0. The lowest BCUT2D eigenvalue weighted by Gasteiger charge is -2.31. The molecule has 4 rings (SSSR count). The van der Waals surface area contributed by atoms with E-state index in [1.54, 1.807) is 0 Å². The van der Waals surface area contributed by atoms with Gasteiger partial charge in [0.1, 0.15) is 0 Å². The van der Waals surface area contributed by atoms with Crippen molar-refractivity contribution in [3.63, 3.8) is 0 Å². The number of hydrogen-bond acceptors (Lipinski definition) is 5. The Morgan fingerprint density at radius 2 is 1.83 bits per heavy atom. The third-order valence-corrected chi connectivity index (χ3v) is 8.19. The SMILES string of the molecule is CCC#CCC(C)[C@@H](C=C[C@@H]1[C@H]2CC(=CCO)C[C@H]2C[C@H]1OC1CCCCO1)OC1CCCCO1. The summed E-state index contributed by atoms with van der Waals surface area (Å²) in [7, 11) is 0. The lowest BCUT2D eigenvalue weighted by Crippen LogP contribution is -2.32. The highest BCUT2D eigenvalue weighted by Crippen LogP contribution is 2.51. The van der Waals surface area contributed by atoms with Crippen molar-refractivity contribution >= 4 is 0 Å². The normalized spacial score (nSPS) is 36.1. The van der Waals surface area contributed by atoms with Crippen LogP contribution in [0.25, 0.3) is 0 Å². The van der Waals surface area contributed by atoms with Crippen LogP contribution in [0.1, 0.15) is 84.5 Å². The number of fused-ring (bicyclic) bond motifs is 1. The quantitative estimate of drug-likeness (QED) is 0.331. The zero-order valence-electron chi connectivity index (χ0n) is 21.8. The molecule has 2 saturated carbocycles. The fourth-order valence-electron chi connectivity index (χ4n) is 6.28. The molecule has 0 radical (unpaired) electrons. The van der Waals surface area contributed by atoms with Gasteiger partial charge in [-0.05, 0) is 75.5 Å². The smallest absolute Gasteiger partial charge is 0.158 e. The lowest BCUT2D eigenvalue weighted by molar-refractivity contribution is -0.193. The van der Waals surface area contributed by atoms with E-state index in [1.165, 1.54) is 12.0 Å². The fourth-order valence-corrected chi connectivity index (χ4v) is 6.28. The molecule has 5 nitrogen and oxygen atoms in total. The summed E-state index contributed by atoms with van der Waals surface area (Å²) in [6.07, 6.45) is 18.1. The Morgan fingerprint density at radius 3 is 2.51 bits per heavy atom. The van der Waals surface area contributed by atoms with E-state index < -0.39 is 0 Å². The van der Waals surface area contributed by atoms with Crippen molar-refractivity contribution in [2.75, 3.05) is 19.8 Å². The van der Waals surface area contributed by atoms with Crippen molar-refractivity contribution in [2.45, 2.75) is 109 Å². The third kappa shape index (κ3) is 7.66. The molecule has 196 valence electrons. The molecule has 2 aliphatic carbocycles. The topological polar surface area (TPSA) is 57.2 Å². The summed E-state index contributed by atoms with van der Waals surface area (Å²) in [6.45, 7) is 6.06. The van der Waals surface area contributed by atoms with Crippen molar-refractivity contribution < 1.29 is 24.1 Å². The molecule has 0 spiro atoms. The second kappa shape index (κ2) is 14.0. The molecule has 0 aromatic rings. The Labute approximate surface area is 212 Å². The number of aliphatic hydroxyl groups is 1. The van der Waals surface area contributed by atoms with Crippen LogP contribution in [0, 0.1) is 35.5 Å². The average Bonchev–Trinajstić information content (AvgIpc) is 3.40. The van der Waals surface area contributed by atoms with E-state index in [4.69, 9.17) is 18.9 Å². The summed E-state index contributed by atoms with van der Waals surface area (Å²) in [5.74, 6) is 8.34. The van der Waals surface area contributed by atoms with Gasteiger partial charge in [-0.15, -0.1) is 11.8 Å². The molecule has 2 aliphatic heterocycles. The third-order valence-electron chi connectivity index (χ3n) is 8.19.